The highest BCUT2D eigenvalue weighted by Crippen LogP contribution is 2.69. The van der Waals surface area contributed by atoms with Crippen LogP contribution in [0.15, 0.2) is 0 Å². The fourth-order valence-electron chi connectivity index (χ4n) is 9.83. The van der Waals surface area contributed by atoms with E-state index >= 15 is 0 Å². The molecule has 0 heterocycles. The lowest BCUT2D eigenvalue weighted by atomic mass is 9.42. The van der Waals surface area contributed by atoms with Gasteiger partial charge in [-0.3, -0.25) is 0 Å². The van der Waals surface area contributed by atoms with Crippen molar-refractivity contribution in [1.29, 1.82) is 0 Å². The largest absolute Gasteiger partial charge is 0.393 e. The second-order valence-corrected chi connectivity index (χ2v) is 13.7. The number of aliphatic hydroxyl groups is 2. The Morgan fingerprint density at radius 2 is 1.76 bits per heavy atom. The van der Waals surface area contributed by atoms with E-state index in [0.717, 1.165) is 49.5 Å². The Morgan fingerprint density at radius 3 is 2.45 bits per heavy atom. The maximum absolute atomic E-state index is 12.2. The van der Waals surface area contributed by atoms with Crippen LogP contribution in [-0.4, -0.2) is 41.0 Å². The van der Waals surface area contributed by atoms with E-state index in [0.29, 0.717) is 30.2 Å². The highest BCUT2D eigenvalue weighted by Gasteiger charge is 2.67. The maximum Gasteiger partial charge on any atom is 0.0880 e. The molecule has 4 nitrogen and oxygen atoms in total. The van der Waals surface area contributed by atoms with Crippen LogP contribution in [0.2, 0.25) is 0 Å². The molecule has 4 heteroatoms. The average Bonchev–Trinajstić information content (AvgIpc) is 3.10. The Balaban J connectivity index is 1.56. The number of aliphatic hydroxyl groups excluding tert-OH is 1. The summed E-state index contributed by atoms with van der Waals surface area (Å²) in [7, 11) is 0. The number of rotatable bonds is 8. The summed E-state index contributed by atoms with van der Waals surface area (Å²) in [4.78, 5) is 0. The van der Waals surface area contributed by atoms with Crippen molar-refractivity contribution >= 4 is 0 Å². The van der Waals surface area contributed by atoms with Gasteiger partial charge in [0, 0.05) is 31.0 Å². The van der Waals surface area contributed by atoms with Gasteiger partial charge in [-0.2, -0.15) is 0 Å². The molecule has 4 saturated carbocycles. The minimum atomic E-state index is -0.823. The average molecular weight is 463 g/mol. The normalized spacial score (nSPS) is 48.3. The third kappa shape index (κ3) is 4.34. The Labute approximate surface area is 203 Å². The fourth-order valence-corrected chi connectivity index (χ4v) is 9.83. The van der Waals surface area contributed by atoms with E-state index in [-0.39, 0.29) is 17.6 Å². The Hall–Kier alpha value is -0.160. The van der Waals surface area contributed by atoms with E-state index in [2.05, 4.69) is 39.9 Å². The summed E-state index contributed by atoms with van der Waals surface area (Å²) in [6, 6.07) is 0.0483. The molecule has 0 aromatic rings. The molecule has 4 rings (SSSR count). The molecule has 0 aromatic carbocycles. The summed E-state index contributed by atoms with van der Waals surface area (Å²) in [5.74, 6) is 4.54. The molecule has 4 aliphatic carbocycles. The van der Waals surface area contributed by atoms with Gasteiger partial charge in [0.1, 0.15) is 0 Å². The van der Waals surface area contributed by atoms with Gasteiger partial charge < -0.3 is 21.3 Å². The van der Waals surface area contributed by atoms with Crippen molar-refractivity contribution in [2.45, 2.75) is 123 Å². The summed E-state index contributed by atoms with van der Waals surface area (Å²) < 4.78 is 0. The molecule has 33 heavy (non-hydrogen) atoms. The highest BCUT2D eigenvalue weighted by atomic mass is 16.3. The smallest absolute Gasteiger partial charge is 0.0880 e. The fraction of sp³-hybridized carbons (Fsp3) is 1.00. The molecule has 7 unspecified atom stereocenters. The molecule has 0 saturated heterocycles. The maximum atomic E-state index is 12.2. The number of fused-ring (bicyclic) bond motifs is 5. The first-order valence-electron chi connectivity index (χ1n) is 14.4. The van der Waals surface area contributed by atoms with Crippen molar-refractivity contribution < 1.29 is 10.2 Å². The lowest BCUT2D eigenvalue weighted by Gasteiger charge is -2.66. The van der Waals surface area contributed by atoms with Crippen molar-refractivity contribution in [2.75, 3.05) is 13.1 Å². The molecule has 0 aromatic heterocycles. The Morgan fingerprint density at radius 1 is 1.00 bits per heavy atom. The summed E-state index contributed by atoms with van der Waals surface area (Å²) >= 11 is 0. The molecule has 4 aliphatic rings. The number of hydrogen-bond donors (Lipinski definition) is 4. The minimum Gasteiger partial charge on any atom is -0.393 e. The predicted octanol–water partition coefficient (Wildman–Crippen LogP) is 5.11. The zero-order chi connectivity index (χ0) is 24.0. The van der Waals surface area contributed by atoms with Crippen LogP contribution in [0.25, 0.3) is 0 Å². The Bertz CT molecular complexity index is 670. The molecule has 0 radical (unpaired) electrons. The predicted molar refractivity (Wildman–Crippen MR) is 137 cm³/mol. The second kappa shape index (κ2) is 9.71. The van der Waals surface area contributed by atoms with Crippen LogP contribution in [0.4, 0.5) is 0 Å². The van der Waals surface area contributed by atoms with E-state index in [1.54, 1.807) is 0 Å². The number of nitrogens with two attached hydrogens (primary N) is 1. The molecule has 4 fully saturated rings. The zero-order valence-electron chi connectivity index (χ0n) is 22.3. The van der Waals surface area contributed by atoms with E-state index < -0.39 is 5.60 Å². The van der Waals surface area contributed by atoms with Gasteiger partial charge in [0.25, 0.3) is 0 Å². The first-order chi connectivity index (χ1) is 15.6. The van der Waals surface area contributed by atoms with Gasteiger partial charge in [0.05, 0.1) is 11.7 Å². The van der Waals surface area contributed by atoms with Crippen molar-refractivity contribution in [2.24, 2.45) is 52.1 Å². The third-order valence-electron chi connectivity index (χ3n) is 11.6. The van der Waals surface area contributed by atoms with Gasteiger partial charge in [-0.25, -0.2) is 0 Å². The van der Waals surface area contributed by atoms with Crippen LogP contribution < -0.4 is 11.1 Å². The van der Waals surface area contributed by atoms with E-state index in [4.69, 9.17) is 5.73 Å². The van der Waals surface area contributed by atoms with Crippen molar-refractivity contribution in [1.82, 2.24) is 5.32 Å². The zero-order valence-corrected chi connectivity index (χ0v) is 22.3. The summed E-state index contributed by atoms with van der Waals surface area (Å²) in [6.45, 7) is 13.6. The minimum absolute atomic E-state index is 0.0483. The van der Waals surface area contributed by atoms with Crippen molar-refractivity contribution in [3.63, 3.8) is 0 Å². The molecule has 0 spiro atoms. The van der Waals surface area contributed by atoms with Crippen molar-refractivity contribution in [3.8, 4) is 0 Å². The topological polar surface area (TPSA) is 78.5 Å². The second-order valence-electron chi connectivity index (χ2n) is 13.7. The SMILES string of the molecule is CC(C)CCCC(C)C1CCC2C3C[C@@H](NCCN)[C@@]4(O)C[C@@H](O)CCC4(C)C3CCC12C. The van der Waals surface area contributed by atoms with Gasteiger partial charge in [-0.15, -0.1) is 0 Å². The van der Waals surface area contributed by atoms with Crippen LogP contribution in [-0.2, 0) is 0 Å². The molecule has 5 N–H and O–H groups in total. The molecule has 0 bridgehead atoms. The standard InChI is InChI=1S/C29H54N2O2/c1-19(2)7-6-8-20(3)23-9-10-24-22-17-26(31-16-15-30)29(33)18-21(32)11-14-28(29,5)25(22)12-13-27(23,24)4/h19-26,31-33H,6-18,30H2,1-5H3/t20?,21-,22?,23?,24?,25?,26+,27?,28?,29-/m0/s1. The molecular weight excluding hydrogens is 408 g/mol. The van der Waals surface area contributed by atoms with Crippen molar-refractivity contribution in [3.05, 3.63) is 0 Å². The van der Waals surface area contributed by atoms with E-state index in [9.17, 15) is 10.2 Å². The molecule has 192 valence electrons. The molecule has 10 atom stereocenters. The van der Waals surface area contributed by atoms with Crippen LogP contribution in [0.1, 0.15) is 105 Å². The van der Waals surface area contributed by atoms with Crippen LogP contribution in [0.3, 0.4) is 0 Å². The quantitative estimate of drug-likeness (QED) is 0.404. The summed E-state index contributed by atoms with van der Waals surface area (Å²) in [6.07, 6.45) is 12.5. The lowest BCUT2D eigenvalue weighted by molar-refractivity contribution is -0.234. The first kappa shape index (κ1) is 25.9. The van der Waals surface area contributed by atoms with Gasteiger partial charge in [-0.05, 0) is 85.9 Å². The molecule has 0 amide bonds. The van der Waals surface area contributed by atoms with Gasteiger partial charge in [-0.1, -0.05) is 53.9 Å². The van der Waals surface area contributed by atoms with Gasteiger partial charge >= 0.3 is 0 Å². The highest BCUT2D eigenvalue weighted by molar-refractivity contribution is 5.18. The number of nitrogens with one attached hydrogen (secondary N) is 1. The lowest BCUT2D eigenvalue weighted by Crippen LogP contribution is -2.71. The third-order valence-corrected chi connectivity index (χ3v) is 11.6. The monoisotopic (exact) mass is 462 g/mol. The first-order valence-corrected chi connectivity index (χ1v) is 14.4. The molecule has 0 aliphatic heterocycles. The Kier molecular flexibility index (Phi) is 7.63. The van der Waals surface area contributed by atoms with Gasteiger partial charge in [0.15, 0.2) is 0 Å². The van der Waals surface area contributed by atoms with E-state index in [1.807, 2.05) is 0 Å². The van der Waals surface area contributed by atoms with Crippen LogP contribution >= 0.6 is 0 Å². The van der Waals surface area contributed by atoms with E-state index in [1.165, 1.54) is 44.9 Å². The van der Waals surface area contributed by atoms with Crippen LogP contribution in [0, 0.1) is 46.3 Å². The summed E-state index contributed by atoms with van der Waals surface area (Å²) in [5.41, 5.74) is 5.40. The molecular formula is C29H54N2O2. The summed E-state index contributed by atoms with van der Waals surface area (Å²) in [5, 5.41) is 26.4. The van der Waals surface area contributed by atoms with Gasteiger partial charge in [0.2, 0.25) is 0 Å². The number of hydrogen-bond acceptors (Lipinski definition) is 4. The van der Waals surface area contributed by atoms with Crippen LogP contribution in [0.5, 0.6) is 0 Å².